The van der Waals surface area contributed by atoms with Gasteiger partial charge in [0.05, 0.1) is 10.9 Å². The number of benzene rings is 1. The highest BCUT2D eigenvalue weighted by atomic mass is 32.2. The highest BCUT2D eigenvalue weighted by Gasteiger charge is 2.31. The van der Waals surface area contributed by atoms with Gasteiger partial charge in [-0.3, -0.25) is 9.59 Å². The van der Waals surface area contributed by atoms with Crippen LogP contribution in [0.5, 0.6) is 0 Å². The molecule has 0 radical (unpaired) electrons. The second kappa shape index (κ2) is 6.71. The molecule has 6 heteroatoms. The van der Waals surface area contributed by atoms with Crippen LogP contribution < -0.4 is 5.32 Å². The van der Waals surface area contributed by atoms with Crippen molar-refractivity contribution in [3.63, 3.8) is 0 Å². The largest absolute Gasteiger partial charge is 0.340 e. The van der Waals surface area contributed by atoms with Crippen LogP contribution in [0.1, 0.15) is 12.8 Å². The van der Waals surface area contributed by atoms with Crippen LogP contribution in [0.3, 0.4) is 0 Å². The van der Waals surface area contributed by atoms with E-state index < -0.39 is 0 Å². The van der Waals surface area contributed by atoms with Gasteiger partial charge in [-0.2, -0.15) is 0 Å². The van der Waals surface area contributed by atoms with Crippen LogP contribution in [-0.4, -0.2) is 60.1 Å². The molecule has 1 saturated heterocycles. The van der Waals surface area contributed by atoms with Crippen molar-refractivity contribution < 1.29 is 9.59 Å². The highest BCUT2D eigenvalue weighted by Crippen LogP contribution is 2.35. The molecule has 1 fully saturated rings. The standard InChI is InChI=1S/C16H21N3O2S/c1-18-7-4-8-19(10-9-18)16(21)14-11-15(20)17-12-5-2-3-6-13(12)22-14/h2-3,5-6,14H,4,7-11H2,1H3,(H,17,20). The Bertz CT molecular complexity index is 578. The molecule has 118 valence electrons. The molecule has 0 aromatic heterocycles. The van der Waals surface area contributed by atoms with Crippen molar-refractivity contribution in [3.05, 3.63) is 24.3 Å². The average Bonchev–Trinajstić information content (AvgIpc) is 2.81. The number of hydrogen-bond acceptors (Lipinski definition) is 4. The number of hydrogen-bond donors (Lipinski definition) is 1. The number of carbonyl (C=O) groups is 2. The minimum Gasteiger partial charge on any atom is -0.340 e. The smallest absolute Gasteiger partial charge is 0.236 e. The fourth-order valence-electron chi connectivity index (χ4n) is 2.85. The Morgan fingerprint density at radius 2 is 2.05 bits per heavy atom. The number of rotatable bonds is 1. The molecule has 2 amide bonds. The third kappa shape index (κ3) is 3.44. The molecule has 0 saturated carbocycles. The Balaban J connectivity index is 1.76. The van der Waals surface area contributed by atoms with E-state index in [1.807, 2.05) is 29.2 Å². The first-order valence-corrected chi connectivity index (χ1v) is 8.54. The lowest BCUT2D eigenvalue weighted by atomic mass is 10.2. The quantitative estimate of drug-likeness (QED) is 0.855. The minimum atomic E-state index is -0.327. The molecule has 22 heavy (non-hydrogen) atoms. The summed E-state index contributed by atoms with van der Waals surface area (Å²) in [6.07, 6.45) is 1.23. The van der Waals surface area contributed by atoms with Gasteiger partial charge in [0.1, 0.15) is 0 Å². The number of carbonyl (C=O) groups excluding carboxylic acids is 2. The zero-order valence-electron chi connectivity index (χ0n) is 12.7. The topological polar surface area (TPSA) is 52.7 Å². The highest BCUT2D eigenvalue weighted by molar-refractivity contribution is 8.00. The van der Waals surface area contributed by atoms with Crippen LogP contribution >= 0.6 is 11.8 Å². The molecule has 0 bridgehead atoms. The van der Waals surface area contributed by atoms with E-state index in [-0.39, 0.29) is 23.5 Å². The van der Waals surface area contributed by atoms with Crippen LogP contribution in [0.25, 0.3) is 0 Å². The summed E-state index contributed by atoms with van der Waals surface area (Å²) in [6, 6.07) is 7.67. The summed E-state index contributed by atoms with van der Waals surface area (Å²) in [5.41, 5.74) is 0.809. The van der Waals surface area contributed by atoms with Crippen molar-refractivity contribution in [3.8, 4) is 0 Å². The molecule has 2 heterocycles. The van der Waals surface area contributed by atoms with Crippen molar-refractivity contribution in [2.45, 2.75) is 23.0 Å². The Morgan fingerprint density at radius 3 is 2.91 bits per heavy atom. The lowest BCUT2D eigenvalue weighted by Gasteiger charge is -2.24. The minimum absolute atomic E-state index is 0.0808. The lowest BCUT2D eigenvalue weighted by Crippen LogP contribution is -2.40. The van der Waals surface area contributed by atoms with Crippen LogP contribution in [-0.2, 0) is 9.59 Å². The fraction of sp³-hybridized carbons (Fsp3) is 0.500. The second-order valence-corrected chi connectivity index (χ2v) is 7.08. The van der Waals surface area contributed by atoms with E-state index in [0.29, 0.717) is 0 Å². The van der Waals surface area contributed by atoms with Gasteiger partial charge < -0.3 is 15.1 Å². The van der Waals surface area contributed by atoms with Crippen LogP contribution in [0.15, 0.2) is 29.2 Å². The first-order valence-electron chi connectivity index (χ1n) is 7.66. The molecule has 1 atom stereocenters. The molecule has 2 aliphatic heterocycles. The Labute approximate surface area is 135 Å². The number of anilines is 1. The molecule has 0 aliphatic carbocycles. The number of amides is 2. The van der Waals surface area contributed by atoms with Gasteiger partial charge in [0, 0.05) is 31.0 Å². The Kier molecular flexibility index (Phi) is 4.69. The molecule has 1 aromatic carbocycles. The molecule has 5 nitrogen and oxygen atoms in total. The molecule has 1 aromatic rings. The molecule has 3 rings (SSSR count). The second-order valence-electron chi connectivity index (χ2n) is 5.84. The SMILES string of the molecule is CN1CCCN(C(=O)C2CC(=O)Nc3ccccc3S2)CC1. The predicted molar refractivity (Wildman–Crippen MR) is 88.0 cm³/mol. The van der Waals surface area contributed by atoms with Gasteiger partial charge >= 0.3 is 0 Å². The van der Waals surface area contributed by atoms with E-state index >= 15 is 0 Å². The average molecular weight is 319 g/mol. The lowest BCUT2D eigenvalue weighted by molar-refractivity contribution is -0.132. The van der Waals surface area contributed by atoms with Crippen molar-refractivity contribution in [1.29, 1.82) is 0 Å². The predicted octanol–water partition coefficient (Wildman–Crippen LogP) is 1.65. The summed E-state index contributed by atoms with van der Waals surface area (Å²) in [6.45, 7) is 3.44. The molecule has 1 N–H and O–H groups in total. The van der Waals surface area contributed by atoms with E-state index in [2.05, 4.69) is 17.3 Å². The van der Waals surface area contributed by atoms with E-state index in [1.165, 1.54) is 11.8 Å². The molecular formula is C16H21N3O2S. The van der Waals surface area contributed by atoms with Crippen molar-refractivity contribution in [2.75, 3.05) is 38.5 Å². The maximum Gasteiger partial charge on any atom is 0.236 e. The third-order valence-electron chi connectivity index (χ3n) is 4.11. The van der Waals surface area contributed by atoms with Gasteiger partial charge in [-0.05, 0) is 32.1 Å². The van der Waals surface area contributed by atoms with E-state index in [1.54, 1.807) is 0 Å². The maximum atomic E-state index is 12.8. The number of fused-ring (bicyclic) bond motifs is 1. The molecular weight excluding hydrogens is 298 g/mol. The number of likely N-dealkylation sites (N-methyl/N-ethyl adjacent to an activating group) is 1. The van der Waals surface area contributed by atoms with Crippen molar-refractivity contribution in [2.24, 2.45) is 0 Å². The van der Waals surface area contributed by atoms with E-state index in [4.69, 9.17) is 0 Å². The number of nitrogens with one attached hydrogen (secondary N) is 1. The van der Waals surface area contributed by atoms with Gasteiger partial charge in [-0.15, -0.1) is 11.8 Å². The maximum absolute atomic E-state index is 12.8. The number of thioether (sulfide) groups is 1. The van der Waals surface area contributed by atoms with E-state index in [0.717, 1.165) is 43.2 Å². The van der Waals surface area contributed by atoms with Crippen LogP contribution in [0, 0.1) is 0 Å². The normalized spacial score (nSPS) is 23.2. The monoisotopic (exact) mass is 319 g/mol. The molecule has 1 unspecified atom stereocenters. The van der Waals surface area contributed by atoms with Crippen molar-refractivity contribution >= 4 is 29.3 Å². The zero-order chi connectivity index (χ0) is 15.5. The number of para-hydroxylation sites is 1. The van der Waals surface area contributed by atoms with Gasteiger partial charge in [-0.1, -0.05) is 12.1 Å². The van der Waals surface area contributed by atoms with Crippen LogP contribution in [0.4, 0.5) is 5.69 Å². The summed E-state index contributed by atoms with van der Waals surface area (Å²) in [7, 11) is 2.08. The summed E-state index contributed by atoms with van der Waals surface area (Å²) in [5.74, 6) is 0.00916. The van der Waals surface area contributed by atoms with Crippen molar-refractivity contribution in [1.82, 2.24) is 9.80 Å². The van der Waals surface area contributed by atoms with Gasteiger partial charge in [0.15, 0.2) is 0 Å². The third-order valence-corrected chi connectivity index (χ3v) is 5.37. The number of nitrogens with zero attached hydrogens (tertiary/aromatic N) is 2. The first-order chi connectivity index (χ1) is 10.6. The molecule has 0 spiro atoms. The van der Waals surface area contributed by atoms with Gasteiger partial charge in [0.2, 0.25) is 11.8 Å². The summed E-state index contributed by atoms with van der Waals surface area (Å²) >= 11 is 1.50. The fourth-order valence-corrected chi connectivity index (χ4v) is 4.04. The zero-order valence-corrected chi connectivity index (χ0v) is 13.6. The van der Waals surface area contributed by atoms with Gasteiger partial charge in [-0.25, -0.2) is 0 Å². The Hall–Kier alpha value is -1.53. The first kappa shape index (κ1) is 15.4. The summed E-state index contributed by atoms with van der Waals surface area (Å²) < 4.78 is 0. The molecule has 2 aliphatic rings. The van der Waals surface area contributed by atoms with Crippen LogP contribution in [0.2, 0.25) is 0 Å². The van der Waals surface area contributed by atoms with E-state index in [9.17, 15) is 9.59 Å². The Morgan fingerprint density at radius 1 is 1.23 bits per heavy atom. The summed E-state index contributed by atoms with van der Waals surface area (Å²) in [4.78, 5) is 30.0. The van der Waals surface area contributed by atoms with Gasteiger partial charge in [0.25, 0.3) is 0 Å². The summed E-state index contributed by atoms with van der Waals surface area (Å²) in [5, 5.41) is 2.56.